The topological polar surface area (TPSA) is 124 Å². The number of fused-ring (bicyclic) bond motifs is 1. The predicted molar refractivity (Wildman–Crippen MR) is 131 cm³/mol. The number of pyridine rings is 1. The molecule has 2 heterocycles. The number of hydrogen-bond donors (Lipinski definition) is 1. The molecule has 0 bridgehead atoms. The number of carbonyl (C=O) groups excluding carboxylic acids is 2. The summed E-state index contributed by atoms with van der Waals surface area (Å²) in [6, 6.07) is 12.4. The fourth-order valence-electron chi connectivity index (χ4n) is 3.69. The van der Waals surface area contributed by atoms with Crippen LogP contribution in [0.3, 0.4) is 0 Å². The molecule has 2 N–H and O–H groups in total. The van der Waals surface area contributed by atoms with Crippen LogP contribution >= 0.6 is 0 Å². The Labute approximate surface area is 198 Å². The lowest BCUT2D eigenvalue weighted by Gasteiger charge is -2.25. The van der Waals surface area contributed by atoms with Crippen LogP contribution in [0.15, 0.2) is 47.3 Å². The van der Waals surface area contributed by atoms with Gasteiger partial charge in [0, 0.05) is 40.6 Å². The molecule has 2 amide bonds. The van der Waals surface area contributed by atoms with Gasteiger partial charge in [0.2, 0.25) is 11.8 Å². The Kier molecular flexibility index (Phi) is 7.95. The van der Waals surface area contributed by atoms with Crippen molar-refractivity contribution in [2.75, 3.05) is 44.2 Å². The number of hydrogen-bond acceptors (Lipinski definition) is 7. The molecule has 0 aliphatic rings. The van der Waals surface area contributed by atoms with Crippen molar-refractivity contribution in [3.8, 4) is 0 Å². The van der Waals surface area contributed by atoms with Gasteiger partial charge in [0.25, 0.3) is 5.56 Å². The lowest BCUT2D eigenvalue weighted by molar-refractivity contribution is -0.118. The molecule has 10 nitrogen and oxygen atoms in total. The Hall–Kier alpha value is -3.79. The zero-order chi connectivity index (χ0) is 24.8. The molecular formula is C24H30N6O4. The molecule has 0 radical (unpaired) electrons. The van der Waals surface area contributed by atoms with Crippen molar-refractivity contribution in [1.29, 1.82) is 0 Å². The zero-order valence-electron chi connectivity index (χ0n) is 19.9. The molecule has 2 aromatic heterocycles. The van der Waals surface area contributed by atoms with E-state index in [2.05, 4.69) is 9.97 Å². The molecule has 0 saturated carbocycles. The van der Waals surface area contributed by atoms with Crippen molar-refractivity contribution in [3.63, 3.8) is 0 Å². The van der Waals surface area contributed by atoms with Gasteiger partial charge in [-0.25, -0.2) is 9.97 Å². The molecule has 3 rings (SSSR count). The van der Waals surface area contributed by atoms with Gasteiger partial charge in [-0.05, 0) is 17.7 Å². The minimum Gasteiger partial charge on any atom is -0.382 e. The van der Waals surface area contributed by atoms with Crippen molar-refractivity contribution in [2.45, 2.75) is 25.8 Å². The third-order valence-electron chi connectivity index (χ3n) is 5.60. The quantitative estimate of drug-likeness (QED) is 0.482. The highest BCUT2D eigenvalue weighted by Crippen LogP contribution is 2.24. The molecule has 3 aromatic rings. The molecule has 0 aliphatic heterocycles. The first kappa shape index (κ1) is 24.8. The van der Waals surface area contributed by atoms with Gasteiger partial charge in [0.1, 0.15) is 11.3 Å². The third kappa shape index (κ3) is 5.23. The van der Waals surface area contributed by atoms with Gasteiger partial charge in [-0.1, -0.05) is 37.3 Å². The fraction of sp³-hybridized carbons (Fsp3) is 0.375. The summed E-state index contributed by atoms with van der Waals surface area (Å²) in [6.45, 7) is 2.22. The largest absolute Gasteiger partial charge is 0.382 e. The fourth-order valence-corrected chi connectivity index (χ4v) is 3.69. The number of primary amides is 1. The number of rotatable bonds is 10. The number of ether oxygens (including phenoxy) is 1. The van der Waals surface area contributed by atoms with E-state index in [9.17, 15) is 14.4 Å². The molecule has 1 atom stereocenters. The van der Waals surface area contributed by atoms with E-state index >= 15 is 0 Å². The van der Waals surface area contributed by atoms with E-state index in [1.165, 1.54) is 4.90 Å². The molecule has 0 saturated heterocycles. The Balaban J connectivity index is 2.29. The second-order valence-corrected chi connectivity index (χ2v) is 7.95. The van der Waals surface area contributed by atoms with Crippen LogP contribution in [-0.4, -0.2) is 60.7 Å². The van der Waals surface area contributed by atoms with E-state index in [0.29, 0.717) is 23.4 Å². The number of anilines is 2. The van der Waals surface area contributed by atoms with Gasteiger partial charge in [-0.2, -0.15) is 0 Å². The van der Waals surface area contributed by atoms with Gasteiger partial charge in [0.15, 0.2) is 11.5 Å². The number of methoxy groups -OCH3 is 1. The number of nitrogens with two attached hydrogens (primary N) is 1. The Bertz CT molecular complexity index is 1230. The van der Waals surface area contributed by atoms with E-state index in [0.717, 1.165) is 5.56 Å². The molecule has 180 valence electrons. The third-order valence-corrected chi connectivity index (χ3v) is 5.60. The van der Waals surface area contributed by atoms with Crippen molar-refractivity contribution in [2.24, 2.45) is 5.73 Å². The van der Waals surface area contributed by atoms with Crippen LogP contribution in [-0.2, 0) is 14.3 Å². The first-order valence-corrected chi connectivity index (χ1v) is 11.0. The normalized spacial score (nSPS) is 11.9. The molecule has 0 unspecified atom stereocenters. The summed E-state index contributed by atoms with van der Waals surface area (Å²) in [5.41, 5.74) is 6.56. The Morgan fingerprint density at radius 3 is 2.44 bits per heavy atom. The summed E-state index contributed by atoms with van der Waals surface area (Å²) in [5, 5.41) is 0. The highest BCUT2D eigenvalue weighted by Gasteiger charge is 2.24. The van der Waals surface area contributed by atoms with E-state index < -0.39 is 11.9 Å². The minimum atomic E-state index is -0.498. The molecular weight excluding hydrogens is 436 g/mol. The summed E-state index contributed by atoms with van der Waals surface area (Å²) < 4.78 is 7.03. The Morgan fingerprint density at radius 1 is 1.12 bits per heavy atom. The first-order chi connectivity index (χ1) is 16.3. The predicted octanol–water partition coefficient (Wildman–Crippen LogP) is 1.71. The van der Waals surface area contributed by atoms with Crippen LogP contribution in [0, 0.1) is 0 Å². The van der Waals surface area contributed by atoms with Gasteiger partial charge >= 0.3 is 0 Å². The maximum absolute atomic E-state index is 13.8. The SMILES string of the molecule is CCC(=O)N(C)c1ccc2nc(N(C)CCC(N)=O)c(=O)n([C@@H](COC)c3ccccc3)c2n1. The molecule has 10 heteroatoms. The van der Waals surface area contributed by atoms with Gasteiger partial charge < -0.3 is 15.4 Å². The summed E-state index contributed by atoms with van der Waals surface area (Å²) in [7, 11) is 4.90. The first-order valence-electron chi connectivity index (χ1n) is 11.0. The number of aromatic nitrogens is 3. The van der Waals surface area contributed by atoms with Gasteiger partial charge in [-0.3, -0.25) is 23.9 Å². The van der Waals surface area contributed by atoms with Crippen molar-refractivity contribution in [3.05, 3.63) is 58.4 Å². The average Bonchev–Trinajstić information content (AvgIpc) is 2.85. The Morgan fingerprint density at radius 2 is 1.82 bits per heavy atom. The van der Waals surface area contributed by atoms with Crippen LogP contribution in [0.2, 0.25) is 0 Å². The van der Waals surface area contributed by atoms with E-state index in [-0.39, 0.29) is 36.9 Å². The minimum absolute atomic E-state index is 0.0803. The zero-order valence-corrected chi connectivity index (χ0v) is 19.9. The van der Waals surface area contributed by atoms with Crippen molar-refractivity contribution in [1.82, 2.24) is 14.5 Å². The molecule has 0 spiro atoms. The number of nitrogens with zero attached hydrogens (tertiary/aromatic N) is 5. The maximum Gasteiger partial charge on any atom is 0.295 e. The smallest absolute Gasteiger partial charge is 0.295 e. The maximum atomic E-state index is 13.8. The molecule has 1 aromatic carbocycles. The van der Waals surface area contributed by atoms with Crippen molar-refractivity contribution < 1.29 is 14.3 Å². The number of carbonyl (C=O) groups is 2. The second-order valence-electron chi connectivity index (χ2n) is 7.95. The monoisotopic (exact) mass is 466 g/mol. The van der Waals surface area contributed by atoms with Gasteiger partial charge in [0.05, 0.1) is 12.6 Å². The summed E-state index contributed by atoms with van der Waals surface area (Å²) >= 11 is 0. The highest BCUT2D eigenvalue weighted by atomic mass is 16.5. The average molecular weight is 467 g/mol. The standard InChI is InChI=1S/C24H30N6O4/c1-5-21(32)29(3)20-12-11-17-22(27-20)30(18(15-34-4)16-9-7-6-8-10-16)24(33)23(26-17)28(2)14-13-19(25)31/h6-12,18H,5,13-15H2,1-4H3,(H2,25,31)/t18-/m0/s1. The molecule has 0 aliphatic carbocycles. The molecule has 34 heavy (non-hydrogen) atoms. The van der Waals surface area contributed by atoms with Crippen LogP contribution in [0.1, 0.15) is 31.4 Å². The number of benzene rings is 1. The van der Waals surface area contributed by atoms with E-state index in [1.54, 1.807) is 49.7 Å². The van der Waals surface area contributed by atoms with Gasteiger partial charge in [-0.15, -0.1) is 0 Å². The van der Waals surface area contributed by atoms with E-state index in [4.69, 9.17) is 10.5 Å². The molecule has 0 fully saturated rings. The van der Waals surface area contributed by atoms with E-state index in [1.807, 2.05) is 30.3 Å². The second kappa shape index (κ2) is 10.9. The summed E-state index contributed by atoms with van der Waals surface area (Å²) in [4.78, 5) is 49.6. The summed E-state index contributed by atoms with van der Waals surface area (Å²) in [6.07, 6.45) is 0.401. The van der Waals surface area contributed by atoms with Crippen LogP contribution in [0.4, 0.5) is 11.6 Å². The van der Waals surface area contributed by atoms with Crippen molar-refractivity contribution >= 4 is 34.6 Å². The summed E-state index contributed by atoms with van der Waals surface area (Å²) in [5.74, 6) is 0.00384. The number of amides is 2. The van der Waals surface area contributed by atoms with Crippen LogP contribution in [0.25, 0.3) is 11.2 Å². The lowest BCUT2D eigenvalue weighted by atomic mass is 10.1. The lowest BCUT2D eigenvalue weighted by Crippen LogP contribution is -2.36. The van der Waals surface area contributed by atoms with Crippen LogP contribution in [0.5, 0.6) is 0 Å². The highest BCUT2D eigenvalue weighted by molar-refractivity contribution is 5.92. The van der Waals surface area contributed by atoms with Crippen LogP contribution < -0.4 is 21.1 Å².